The molecule has 4 aromatic rings. The molecule has 0 aliphatic rings. The van der Waals surface area contributed by atoms with E-state index in [0.717, 1.165) is 5.56 Å². The third-order valence-corrected chi connectivity index (χ3v) is 3.70. The van der Waals surface area contributed by atoms with E-state index < -0.39 is 0 Å². The summed E-state index contributed by atoms with van der Waals surface area (Å²) in [7, 11) is 0. The van der Waals surface area contributed by atoms with E-state index in [9.17, 15) is 4.39 Å². The molecule has 0 aliphatic heterocycles. The zero-order valence-electron chi connectivity index (χ0n) is 12.6. The summed E-state index contributed by atoms with van der Waals surface area (Å²) in [5, 5.41) is 8.06. The van der Waals surface area contributed by atoms with Gasteiger partial charge in [0, 0.05) is 11.1 Å². The van der Waals surface area contributed by atoms with Gasteiger partial charge in [-0.3, -0.25) is 0 Å². The van der Waals surface area contributed by atoms with Gasteiger partial charge in [-0.15, -0.1) is 5.10 Å². The number of rotatable bonds is 3. The predicted octanol–water partition coefficient (Wildman–Crippen LogP) is 2.66. The molecule has 0 saturated carbocycles. The van der Waals surface area contributed by atoms with E-state index in [0.29, 0.717) is 22.6 Å². The Kier molecular flexibility index (Phi) is 3.38. The van der Waals surface area contributed by atoms with Crippen LogP contribution in [0.25, 0.3) is 22.6 Å². The number of nitrogen functional groups attached to an aromatic ring is 1. The molecule has 0 aliphatic carbocycles. The van der Waals surface area contributed by atoms with E-state index in [2.05, 4.69) is 20.3 Å². The van der Waals surface area contributed by atoms with Crippen LogP contribution in [0.4, 0.5) is 10.2 Å². The van der Waals surface area contributed by atoms with Crippen molar-refractivity contribution in [1.82, 2.24) is 25.0 Å². The highest BCUT2D eigenvalue weighted by Crippen LogP contribution is 2.22. The Morgan fingerprint density at radius 3 is 2.50 bits per heavy atom. The second-order valence-corrected chi connectivity index (χ2v) is 5.31. The Bertz CT molecular complexity index is 1010. The summed E-state index contributed by atoms with van der Waals surface area (Å²) in [5.41, 5.74) is 8.22. The zero-order chi connectivity index (χ0) is 16.5. The van der Waals surface area contributed by atoms with E-state index in [-0.39, 0.29) is 18.2 Å². The van der Waals surface area contributed by atoms with Crippen LogP contribution in [-0.4, -0.2) is 25.0 Å². The topological polar surface area (TPSA) is 82.5 Å². The summed E-state index contributed by atoms with van der Waals surface area (Å²) in [4.78, 5) is 8.80. The van der Waals surface area contributed by atoms with Crippen LogP contribution in [0, 0.1) is 5.82 Å². The first-order chi connectivity index (χ1) is 11.7. The van der Waals surface area contributed by atoms with Crippen LogP contribution in [-0.2, 0) is 6.54 Å². The van der Waals surface area contributed by atoms with Gasteiger partial charge in [-0.1, -0.05) is 53.7 Å². The number of nitrogens with two attached hydrogens (primary N) is 1. The summed E-state index contributed by atoms with van der Waals surface area (Å²) >= 11 is 0. The van der Waals surface area contributed by atoms with Crippen LogP contribution in [0.1, 0.15) is 5.56 Å². The summed E-state index contributed by atoms with van der Waals surface area (Å²) in [5.74, 6) is 0.433. The second kappa shape index (κ2) is 5.69. The molecule has 0 atom stereocenters. The number of nitrogens with zero attached hydrogens (tertiary/aromatic N) is 5. The van der Waals surface area contributed by atoms with Gasteiger partial charge in [-0.2, -0.15) is 0 Å². The SMILES string of the molecule is Nc1nc(-c2ccccc2)nc2c1nnn2Cc1ccccc1F. The lowest BCUT2D eigenvalue weighted by Gasteiger charge is -2.05. The van der Waals surface area contributed by atoms with Gasteiger partial charge >= 0.3 is 0 Å². The Hall–Kier alpha value is -3.35. The average Bonchev–Trinajstić information content (AvgIpc) is 3.01. The lowest BCUT2D eigenvalue weighted by atomic mass is 10.2. The van der Waals surface area contributed by atoms with Crippen molar-refractivity contribution in [3.8, 4) is 11.4 Å². The zero-order valence-corrected chi connectivity index (χ0v) is 12.6. The standard InChI is InChI=1S/C17H13FN6/c18-13-9-5-4-8-12(13)10-24-17-14(22-23-24)15(19)20-16(21-17)11-6-2-1-3-7-11/h1-9H,10H2,(H2,19,20,21). The molecule has 2 N–H and O–H groups in total. The molecule has 0 spiro atoms. The fourth-order valence-electron chi connectivity index (χ4n) is 2.49. The minimum Gasteiger partial charge on any atom is -0.382 e. The van der Waals surface area contributed by atoms with Crippen molar-refractivity contribution in [1.29, 1.82) is 0 Å². The fourth-order valence-corrected chi connectivity index (χ4v) is 2.49. The largest absolute Gasteiger partial charge is 0.382 e. The lowest BCUT2D eigenvalue weighted by Crippen LogP contribution is -2.06. The van der Waals surface area contributed by atoms with Gasteiger partial charge in [-0.05, 0) is 6.07 Å². The molecule has 0 radical (unpaired) electrons. The quantitative estimate of drug-likeness (QED) is 0.627. The summed E-state index contributed by atoms with van der Waals surface area (Å²) in [6.07, 6.45) is 0. The molecule has 24 heavy (non-hydrogen) atoms. The van der Waals surface area contributed by atoms with Crippen LogP contribution >= 0.6 is 0 Å². The van der Waals surface area contributed by atoms with E-state index >= 15 is 0 Å². The maximum Gasteiger partial charge on any atom is 0.184 e. The van der Waals surface area contributed by atoms with Gasteiger partial charge in [0.25, 0.3) is 0 Å². The molecule has 6 nitrogen and oxygen atoms in total. The van der Waals surface area contributed by atoms with Crippen LogP contribution in [0.3, 0.4) is 0 Å². The molecular weight excluding hydrogens is 307 g/mol. The fraction of sp³-hybridized carbons (Fsp3) is 0.0588. The van der Waals surface area contributed by atoms with E-state index in [1.807, 2.05) is 30.3 Å². The van der Waals surface area contributed by atoms with Gasteiger partial charge in [0.15, 0.2) is 22.8 Å². The normalized spacial score (nSPS) is 11.0. The Morgan fingerprint density at radius 1 is 0.958 bits per heavy atom. The van der Waals surface area contributed by atoms with Crippen LogP contribution in [0.5, 0.6) is 0 Å². The molecule has 7 heteroatoms. The molecule has 2 heterocycles. The molecule has 0 amide bonds. The Morgan fingerprint density at radius 2 is 1.71 bits per heavy atom. The van der Waals surface area contributed by atoms with Crippen LogP contribution < -0.4 is 5.73 Å². The van der Waals surface area contributed by atoms with Crippen molar-refractivity contribution in [3.05, 3.63) is 66.0 Å². The van der Waals surface area contributed by atoms with Gasteiger partial charge in [0.1, 0.15) is 5.82 Å². The predicted molar refractivity (Wildman–Crippen MR) is 88.5 cm³/mol. The van der Waals surface area contributed by atoms with Gasteiger partial charge in [-0.25, -0.2) is 19.0 Å². The second-order valence-electron chi connectivity index (χ2n) is 5.31. The minimum absolute atomic E-state index is 0.216. The van der Waals surface area contributed by atoms with E-state index in [4.69, 9.17) is 5.73 Å². The molecule has 0 saturated heterocycles. The molecule has 0 fully saturated rings. The summed E-state index contributed by atoms with van der Waals surface area (Å²) in [6, 6.07) is 16.0. The van der Waals surface area contributed by atoms with Crippen molar-refractivity contribution in [2.75, 3.05) is 5.73 Å². The monoisotopic (exact) mass is 320 g/mol. The summed E-state index contributed by atoms with van der Waals surface area (Å²) in [6.45, 7) is 0.216. The molecule has 4 rings (SSSR count). The van der Waals surface area contributed by atoms with Gasteiger partial charge in [0.05, 0.1) is 6.54 Å². The first-order valence-corrected chi connectivity index (χ1v) is 7.38. The number of fused-ring (bicyclic) bond motifs is 1. The van der Waals surface area contributed by atoms with Crippen molar-refractivity contribution < 1.29 is 4.39 Å². The van der Waals surface area contributed by atoms with Crippen molar-refractivity contribution in [3.63, 3.8) is 0 Å². The van der Waals surface area contributed by atoms with Crippen molar-refractivity contribution >= 4 is 17.0 Å². The van der Waals surface area contributed by atoms with E-state index in [1.165, 1.54) is 10.7 Å². The average molecular weight is 320 g/mol. The molecule has 2 aromatic carbocycles. The van der Waals surface area contributed by atoms with E-state index in [1.54, 1.807) is 18.2 Å². The smallest absolute Gasteiger partial charge is 0.184 e. The number of hydrogen-bond acceptors (Lipinski definition) is 5. The lowest BCUT2D eigenvalue weighted by molar-refractivity contribution is 0.582. The number of benzene rings is 2. The number of anilines is 1. The highest BCUT2D eigenvalue weighted by molar-refractivity contribution is 5.83. The molecule has 0 unspecified atom stereocenters. The maximum absolute atomic E-state index is 13.9. The first kappa shape index (κ1) is 14.3. The maximum atomic E-state index is 13.9. The third kappa shape index (κ3) is 2.45. The van der Waals surface area contributed by atoms with Gasteiger partial charge in [0.2, 0.25) is 0 Å². The molecular formula is C17H13FN6. The third-order valence-electron chi connectivity index (χ3n) is 3.70. The number of hydrogen-bond donors (Lipinski definition) is 1. The number of halogens is 1. The highest BCUT2D eigenvalue weighted by atomic mass is 19.1. The molecule has 0 bridgehead atoms. The van der Waals surface area contributed by atoms with Gasteiger partial charge < -0.3 is 5.73 Å². The Labute approximate surface area is 136 Å². The Balaban J connectivity index is 1.83. The van der Waals surface area contributed by atoms with Crippen LogP contribution in [0.15, 0.2) is 54.6 Å². The summed E-state index contributed by atoms with van der Waals surface area (Å²) < 4.78 is 15.4. The highest BCUT2D eigenvalue weighted by Gasteiger charge is 2.15. The van der Waals surface area contributed by atoms with Crippen molar-refractivity contribution in [2.45, 2.75) is 6.54 Å². The van der Waals surface area contributed by atoms with Crippen molar-refractivity contribution in [2.24, 2.45) is 0 Å². The molecule has 118 valence electrons. The minimum atomic E-state index is -0.300. The van der Waals surface area contributed by atoms with Crippen LogP contribution in [0.2, 0.25) is 0 Å². The first-order valence-electron chi connectivity index (χ1n) is 7.38. The molecule has 2 aromatic heterocycles. The number of aromatic nitrogens is 5.